The number of amides is 1. The number of carbonyl (C=O) groups is 2. The molecule has 0 spiro atoms. The Hall–Kier alpha value is -3.45. The van der Waals surface area contributed by atoms with Gasteiger partial charge in [0.25, 0.3) is 5.91 Å². The summed E-state index contributed by atoms with van der Waals surface area (Å²) in [7, 11) is 0. The summed E-state index contributed by atoms with van der Waals surface area (Å²) in [6, 6.07) is 22.5. The topological polar surface area (TPSA) is 99.5 Å². The second kappa shape index (κ2) is 10.2. The van der Waals surface area contributed by atoms with E-state index in [1.165, 1.54) is 18.2 Å². The fraction of sp³-hybridized carbons (Fsp3) is 0. The van der Waals surface area contributed by atoms with Gasteiger partial charge >= 0.3 is 35.5 Å². The minimum absolute atomic E-state index is 0. The Kier molecular flexibility index (Phi) is 7.43. The van der Waals surface area contributed by atoms with Gasteiger partial charge in [0, 0.05) is 18.0 Å². The first-order chi connectivity index (χ1) is 15.0. The third-order valence-electron chi connectivity index (χ3n) is 4.84. The van der Waals surface area contributed by atoms with Crippen LogP contribution in [0.25, 0.3) is 22.3 Å². The van der Waals surface area contributed by atoms with E-state index < -0.39 is 11.9 Å². The first-order valence-electron chi connectivity index (χ1n) is 9.50. The molecule has 0 atom stereocenters. The van der Waals surface area contributed by atoms with Gasteiger partial charge in [-0.05, 0) is 47.0 Å². The fourth-order valence-corrected chi connectivity index (χ4v) is 3.27. The summed E-state index contributed by atoms with van der Waals surface area (Å²) in [6.45, 7) is 0. The molecule has 0 aliphatic rings. The number of nitrogens with one attached hydrogen (secondary N) is 1. The van der Waals surface area contributed by atoms with Gasteiger partial charge in [-0.15, -0.1) is 0 Å². The van der Waals surface area contributed by atoms with Crippen LogP contribution in [0.2, 0.25) is 0 Å². The number of nitrogens with zero attached hydrogens (tertiary/aromatic N) is 1. The van der Waals surface area contributed by atoms with Gasteiger partial charge in [-0.25, -0.2) is 4.79 Å². The molecule has 1 heterocycles. The Balaban J connectivity index is 0.00000289. The third kappa shape index (κ3) is 5.06. The van der Waals surface area contributed by atoms with Crippen LogP contribution in [0.5, 0.6) is 5.75 Å². The predicted molar refractivity (Wildman–Crippen MR) is 125 cm³/mol. The van der Waals surface area contributed by atoms with Crippen LogP contribution in [-0.2, 0) is 0 Å². The molecule has 32 heavy (non-hydrogen) atoms. The van der Waals surface area contributed by atoms with E-state index in [1.54, 1.807) is 36.7 Å². The number of pyridine rings is 1. The molecule has 3 aromatic carbocycles. The Bertz CT molecular complexity index is 1260. The number of aromatic hydroxyl groups is 1. The number of hydrogen-bond donors (Lipinski definition) is 3. The van der Waals surface area contributed by atoms with Crippen molar-refractivity contribution in [2.75, 3.05) is 5.32 Å². The van der Waals surface area contributed by atoms with Crippen LogP contribution in [0.4, 0.5) is 5.69 Å². The van der Waals surface area contributed by atoms with Crippen LogP contribution in [0.3, 0.4) is 0 Å². The maximum atomic E-state index is 12.8. The zero-order valence-corrected chi connectivity index (χ0v) is 16.3. The maximum absolute atomic E-state index is 12.8. The Morgan fingerprint density at radius 3 is 2.03 bits per heavy atom. The summed E-state index contributed by atoms with van der Waals surface area (Å²) in [4.78, 5) is 28.5. The predicted octanol–water partition coefficient (Wildman–Crippen LogP) is 4.42. The van der Waals surface area contributed by atoms with Crippen molar-refractivity contribution in [3.63, 3.8) is 0 Å². The van der Waals surface area contributed by atoms with Gasteiger partial charge in [0.05, 0.1) is 16.8 Å². The molecule has 0 aliphatic heterocycles. The van der Waals surface area contributed by atoms with Crippen molar-refractivity contribution in [1.29, 1.82) is 0 Å². The zero-order valence-electron chi connectivity index (χ0n) is 16.3. The number of carboxylic acid groups (broad SMARTS) is 1. The second-order valence-electron chi connectivity index (χ2n) is 6.86. The monoisotopic (exact) mass is 434 g/mol. The van der Waals surface area contributed by atoms with Gasteiger partial charge in [-0.3, -0.25) is 9.78 Å². The summed E-state index contributed by atoms with van der Waals surface area (Å²) < 4.78 is 0. The average molecular weight is 434 g/mol. The average Bonchev–Trinajstić information content (AvgIpc) is 2.80. The van der Waals surface area contributed by atoms with E-state index in [9.17, 15) is 19.8 Å². The molecule has 0 fully saturated rings. The van der Waals surface area contributed by atoms with Crippen LogP contribution >= 0.6 is 0 Å². The van der Waals surface area contributed by atoms with Crippen molar-refractivity contribution in [3.05, 3.63) is 102 Å². The summed E-state index contributed by atoms with van der Waals surface area (Å²) in [5.41, 5.74) is 3.30. The number of aromatic nitrogens is 1. The van der Waals surface area contributed by atoms with Crippen LogP contribution in [-0.4, -0.2) is 56.6 Å². The number of carboxylic acids is 1. The van der Waals surface area contributed by atoms with E-state index in [-0.39, 0.29) is 52.1 Å². The molecule has 7 heteroatoms. The summed E-state index contributed by atoms with van der Waals surface area (Å²) in [5, 5.41) is 22.6. The molecule has 154 valence electrons. The van der Waals surface area contributed by atoms with E-state index in [2.05, 4.69) is 10.3 Å². The molecule has 0 radical (unpaired) electrons. The standard InChI is InChI=1S/C25H18N2O4.Na.H/c28-23-14-18(19-7-4-12-26-15-19)9-11-21(23)24(29)27-22-13-17(8-10-20(22)25(30)31)16-5-2-1-3-6-16;;/h1-15,28H,(H,27,29)(H,30,31);;. The number of phenols is 1. The Morgan fingerprint density at radius 1 is 0.750 bits per heavy atom. The molecule has 6 nitrogen and oxygen atoms in total. The number of phenolic OH excluding ortho intramolecular Hbond substituents is 1. The molecular formula is C25H19N2NaO4. The fourth-order valence-electron chi connectivity index (χ4n) is 3.27. The van der Waals surface area contributed by atoms with Gasteiger partial charge in [0.2, 0.25) is 0 Å². The van der Waals surface area contributed by atoms with Gasteiger partial charge in [0.1, 0.15) is 5.75 Å². The molecule has 4 rings (SSSR count). The number of hydrogen-bond acceptors (Lipinski definition) is 4. The minimum atomic E-state index is -1.16. The molecule has 0 bridgehead atoms. The number of carbonyl (C=O) groups excluding carboxylic acids is 1. The molecule has 0 unspecified atom stereocenters. The first kappa shape index (κ1) is 23.2. The quantitative estimate of drug-likeness (QED) is 0.404. The Labute approximate surface area is 206 Å². The van der Waals surface area contributed by atoms with E-state index in [0.717, 1.165) is 16.7 Å². The van der Waals surface area contributed by atoms with Crippen molar-refractivity contribution in [1.82, 2.24) is 4.98 Å². The van der Waals surface area contributed by atoms with Gasteiger partial charge < -0.3 is 15.5 Å². The third-order valence-corrected chi connectivity index (χ3v) is 4.84. The summed E-state index contributed by atoms with van der Waals surface area (Å²) in [5.74, 6) is -1.98. The molecule has 0 saturated carbocycles. The van der Waals surface area contributed by atoms with Crippen molar-refractivity contribution in [2.24, 2.45) is 0 Å². The second-order valence-corrected chi connectivity index (χ2v) is 6.86. The van der Waals surface area contributed by atoms with Gasteiger partial charge in [0.15, 0.2) is 0 Å². The molecular weight excluding hydrogens is 415 g/mol. The molecule has 0 saturated heterocycles. The van der Waals surface area contributed by atoms with Gasteiger partial charge in [-0.1, -0.05) is 48.5 Å². The van der Waals surface area contributed by atoms with E-state index in [0.29, 0.717) is 5.56 Å². The van der Waals surface area contributed by atoms with Crippen molar-refractivity contribution >= 4 is 47.1 Å². The zero-order chi connectivity index (χ0) is 21.8. The van der Waals surface area contributed by atoms with Gasteiger partial charge in [-0.2, -0.15) is 0 Å². The summed E-state index contributed by atoms with van der Waals surface area (Å²) in [6.07, 6.45) is 3.30. The number of aromatic carboxylic acids is 1. The van der Waals surface area contributed by atoms with Crippen LogP contribution < -0.4 is 5.32 Å². The normalized spacial score (nSPS) is 10.1. The van der Waals surface area contributed by atoms with E-state index in [4.69, 9.17) is 0 Å². The van der Waals surface area contributed by atoms with Crippen molar-refractivity contribution in [3.8, 4) is 28.0 Å². The van der Waals surface area contributed by atoms with Crippen molar-refractivity contribution in [2.45, 2.75) is 0 Å². The number of rotatable bonds is 5. The molecule has 1 amide bonds. The van der Waals surface area contributed by atoms with Crippen LogP contribution in [0, 0.1) is 0 Å². The molecule has 0 aliphatic carbocycles. The SMILES string of the molecule is O=C(Nc1cc(-c2ccccc2)ccc1C(=O)O)c1ccc(-c2cccnc2)cc1O.[NaH]. The van der Waals surface area contributed by atoms with Crippen molar-refractivity contribution < 1.29 is 19.8 Å². The molecule has 4 aromatic rings. The first-order valence-corrected chi connectivity index (χ1v) is 9.50. The Morgan fingerprint density at radius 2 is 1.41 bits per heavy atom. The van der Waals surface area contributed by atoms with E-state index >= 15 is 0 Å². The van der Waals surface area contributed by atoms with E-state index in [1.807, 2.05) is 36.4 Å². The number of benzene rings is 3. The van der Waals surface area contributed by atoms with Crippen LogP contribution in [0.15, 0.2) is 91.3 Å². The molecule has 1 aromatic heterocycles. The van der Waals surface area contributed by atoms with Crippen LogP contribution in [0.1, 0.15) is 20.7 Å². The number of anilines is 1. The summed E-state index contributed by atoms with van der Waals surface area (Å²) >= 11 is 0. The molecule has 3 N–H and O–H groups in total.